The van der Waals surface area contributed by atoms with Gasteiger partial charge in [0.15, 0.2) is 0 Å². The summed E-state index contributed by atoms with van der Waals surface area (Å²) >= 11 is 0. The highest BCUT2D eigenvalue weighted by atomic mass is 16.6. The van der Waals surface area contributed by atoms with Crippen molar-refractivity contribution in [2.24, 2.45) is 0 Å². The van der Waals surface area contributed by atoms with Gasteiger partial charge in [-0.15, -0.1) is 0 Å². The molecule has 4 rings (SSSR count). The normalized spacial score (nSPS) is 18.2. The van der Waals surface area contributed by atoms with Crippen LogP contribution in [-0.2, 0) is 15.1 Å². The van der Waals surface area contributed by atoms with Crippen molar-refractivity contribution in [2.75, 3.05) is 0 Å². The molecule has 100 valence electrons. The van der Waals surface area contributed by atoms with Gasteiger partial charge in [0, 0.05) is 11.1 Å². The molecular formula is C17H14O3. The van der Waals surface area contributed by atoms with Crippen LogP contribution in [0, 0.1) is 0 Å². The van der Waals surface area contributed by atoms with Crippen molar-refractivity contribution >= 4 is 5.97 Å². The molecule has 0 aliphatic heterocycles. The van der Waals surface area contributed by atoms with Crippen LogP contribution in [0.4, 0.5) is 0 Å². The van der Waals surface area contributed by atoms with E-state index in [1.807, 2.05) is 36.4 Å². The van der Waals surface area contributed by atoms with Gasteiger partial charge >= 0.3 is 5.97 Å². The van der Waals surface area contributed by atoms with Gasteiger partial charge < -0.3 is 9.84 Å². The number of aliphatic hydroxyl groups is 1. The Labute approximate surface area is 116 Å². The van der Waals surface area contributed by atoms with E-state index in [9.17, 15) is 9.90 Å². The zero-order valence-electron chi connectivity index (χ0n) is 10.9. The van der Waals surface area contributed by atoms with Gasteiger partial charge in [-0.05, 0) is 24.0 Å². The lowest BCUT2D eigenvalue weighted by Gasteiger charge is -2.23. The highest BCUT2D eigenvalue weighted by Gasteiger charge is 2.50. The number of ether oxygens (including phenoxy) is 1. The number of carbonyl (C=O) groups is 1. The second-order valence-electron chi connectivity index (χ2n) is 5.41. The predicted molar refractivity (Wildman–Crippen MR) is 74.0 cm³/mol. The van der Waals surface area contributed by atoms with Crippen LogP contribution < -0.4 is 0 Å². The first-order chi connectivity index (χ1) is 9.71. The molecule has 0 unspecified atom stereocenters. The summed E-state index contributed by atoms with van der Waals surface area (Å²) in [6, 6.07) is 14.9. The minimum absolute atomic E-state index is 0.0218. The summed E-state index contributed by atoms with van der Waals surface area (Å²) in [5, 5.41) is 11.1. The molecule has 2 aliphatic rings. The summed E-state index contributed by atoms with van der Waals surface area (Å²) in [7, 11) is 0. The van der Waals surface area contributed by atoms with Crippen LogP contribution in [0.2, 0.25) is 0 Å². The molecule has 0 saturated heterocycles. The first-order valence-corrected chi connectivity index (χ1v) is 6.84. The molecule has 0 aromatic heterocycles. The van der Waals surface area contributed by atoms with E-state index >= 15 is 0 Å². The van der Waals surface area contributed by atoms with E-state index in [1.165, 1.54) is 0 Å². The van der Waals surface area contributed by atoms with E-state index in [0.29, 0.717) is 11.1 Å². The maximum absolute atomic E-state index is 12.5. The lowest BCUT2D eigenvalue weighted by Crippen LogP contribution is -2.37. The number of benzene rings is 2. The first kappa shape index (κ1) is 11.7. The Balaban J connectivity index is 1.91. The van der Waals surface area contributed by atoms with Crippen LogP contribution in [0.5, 0.6) is 0 Å². The van der Waals surface area contributed by atoms with E-state index in [0.717, 1.165) is 24.0 Å². The second kappa shape index (κ2) is 3.93. The molecule has 1 fully saturated rings. The van der Waals surface area contributed by atoms with Crippen molar-refractivity contribution in [2.45, 2.75) is 24.5 Å². The van der Waals surface area contributed by atoms with E-state index < -0.39 is 11.6 Å². The molecule has 1 saturated carbocycles. The van der Waals surface area contributed by atoms with Crippen molar-refractivity contribution in [3.63, 3.8) is 0 Å². The third-order valence-electron chi connectivity index (χ3n) is 4.02. The number of esters is 1. The maximum atomic E-state index is 12.5. The molecule has 1 N–H and O–H groups in total. The quantitative estimate of drug-likeness (QED) is 0.850. The van der Waals surface area contributed by atoms with Crippen LogP contribution in [0.15, 0.2) is 48.5 Å². The molecule has 2 aromatic carbocycles. The third-order valence-corrected chi connectivity index (χ3v) is 4.02. The van der Waals surface area contributed by atoms with Crippen molar-refractivity contribution in [1.29, 1.82) is 0 Å². The fourth-order valence-corrected chi connectivity index (χ4v) is 2.85. The second-order valence-corrected chi connectivity index (χ2v) is 5.41. The molecule has 2 aromatic rings. The van der Waals surface area contributed by atoms with Crippen LogP contribution >= 0.6 is 0 Å². The van der Waals surface area contributed by atoms with Crippen molar-refractivity contribution < 1.29 is 14.6 Å². The first-order valence-electron chi connectivity index (χ1n) is 6.84. The molecule has 3 heteroatoms. The number of rotatable bonds is 2. The number of fused-ring (bicyclic) bond motifs is 3. The Hall–Kier alpha value is -2.13. The molecule has 0 bridgehead atoms. The van der Waals surface area contributed by atoms with E-state index in [4.69, 9.17) is 4.74 Å². The fourth-order valence-electron chi connectivity index (χ4n) is 2.85. The fraction of sp³-hybridized carbons (Fsp3) is 0.235. The van der Waals surface area contributed by atoms with Gasteiger partial charge in [0.1, 0.15) is 6.10 Å². The Morgan fingerprint density at radius 2 is 1.50 bits per heavy atom. The summed E-state index contributed by atoms with van der Waals surface area (Å²) in [6.45, 7) is 0. The SMILES string of the molecule is O=C(OC1CC1)C1(O)c2ccccc2-c2ccccc21. The van der Waals surface area contributed by atoms with Crippen molar-refractivity contribution in [3.05, 3.63) is 59.7 Å². The van der Waals surface area contributed by atoms with Gasteiger partial charge in [-0.3, -0.25) is 0 Å². The van der Waals surface area contributed by atoms with Crippen LogP contribution in [0.25, 0.3) is 11.1 Å². The minimum Gasteiger partial charge on any atom is -0.460 e. The summed E-state index contributed by atoms with van der Waals surface area (Å²) in [4.78, 5) is 12.5. The number of hydrogen-bond donors (Lipinski definition) is 1. The zero-order chi connectivity index (χ0) is 13.7. The monoisotopic (exact) mass is 266 g/mol. The molecule has 0 spiro atoms. The van der Waals surface area contributed by atoms with Crippen LogP contribution in [0.1, 0.15) is 24.0 Å². The standard InChI is InChI=1S/C17H14O3/c18-16(20-11-9-10-11)17(19)14-7-3-1-5-12(14)13-6-2-4-8-15(13)17/h1-8,11,19H,9-10H2. The summed E-state index contributed by atoms with van der Waals surface area (Å²) in [5.41, 5.74) is 1.37. The highest BCUT2D eigenvalue weighted by molar-refractivity contribution is 5.96. The zero-order valence-corrected chi connectivity index (χ0v) is 10.9. The lowest BCUT2D eigenvalue weighted by molar-refractivity contribution is -0.163. The molecule has 0 heterocycles. The van der Waals surface area contributed by atoms with Gasteiger partial charge in [-0.25, -0.2) is 4.79 Å². The predicted octanol–water partition coefficient (Wildman–Crippen LogP) is 2.61. The van der Waals surface area contributed by atoms with Crippen LogP contribution in [-0.4, -0.2) is 17.2 Å². The third kappa shape index (κ3) is 1.47. The minimum atomic E-state index is -1.67. The summed E-state index contributed by atoms with van der Waals surface area (Å²) in [5.74, 6) is -0.558. The number of hydrogen-bond acceptors (Lipinski definition) is 3. The number of carbonyl (C=O) groups excluding carboxylic acids is 1. The largest absolute Gasteiger partial charge is 0.460 e. The van der Waals surface area contributed by atoms with Crippen molar-refractivity contribution in [1.82, 2.24) is 0 Å². The van der Waals surface area contributed by atoms with Gasteiger partial charge in [-0.1, -0.05) is 48.5 Å². The molecular weight excluding hydrogens is 252 g/mol. The Morgan fingerprint density at radius 1 is 1.00 bits per heavy atom. The van der Waals surface area contributed by atoms with E-state index in [1.54, 1.807) is 12.1 Å². The van der Waals surface area contributed by atoms with Gasteiger partial charge in [0.25, 0.3) is 0 Å². The van der Waals surface area contributed by atoms with E-state index in [2.05, 4.69) is 0 Å². The van der Waals surface area contributed by atoms with Gasteiger partial charge in [0.2, 0.25) is 5.60 Å². The van der Waals surface area contributed by atoms with Gasteiger partial charge in [-0.2, -0.15) is 0 Å². The molecule has 20 heavy (non-hydrogen) atoms. The van der Waals surface area contributed by atoms with E-state index in [-0.39, 0.29) is 6.10 Å². The summed E-state index contributed by atoms with van der Waals surface area (Å²) in [6.07, 6.45) is 1.77. The molecule has 0 atom stereocenters. The Morgan fingerprint density at radius 3 is 2.00 bits per heavy atom. The van der Waals surface area contributed by atoms with Gasteiger partial charge in [0.05, 0.1) is 0 Å². The highest BCUT2D eigenvalue weighted by Crippen LogP contribution is 2.48. The summed E-state index contributed by atoms with van der Waals surface area (Å²) < 4.78 is 5.37. The smallest absolute Gasteiger partial charge is 0.348 e. The average molecular weight is 266 g/mol. The topological polar surface area (TPSA) is 46.5 Å². The Kier molecular flexibility index (Phi) is 2.30. The van der Waals surface area contributed by atoms with Crippen LogP contribution in [0.3, 0.4) is 0 Å². The molecule has 3 nitrogen and oxygen atoms in total. The molecule has 0 amide bonds. The Bertz CT molecular complexity index is 655. The molecule has 2 aliphatic carbocycles. The average Bonchev–Trinajstić information content (AvgIpc) is 3.26. The maximum Gasteiger partial charge on any atom is 0.348 e. The lowest BCUT2D eigenvalue weighted by atomic mass is 9.91. The van der Waals surface area contributed by atoms with Crippen molar-refractivity contribution in [3.8, 4) is 11.1 Å². The molecule has 0 radical (unpaired) electrons.